The Hall–Kier alpha value is -5.21. The second-order valence-corrected chi connectivity index (χ2v) is 54.6. The van der Waals surface area contributed by atoms with Crippen LogP contribution in [0.4, 0.5) is 0 Å². The fourth-order valence-electron chi connectivity index (χ4n) is 18.8. The smallest absolute Gasteiger partial charge is 0.338 e. The van der Waals surface area contributed by atoms with Crippen molar-refractivity contribution in [1.29, 1.82) is 0 Å². The highest BCUT2D eigenvalue weighted by Gasteiger charge is 2.50. The Bertz CT molecular complexity index is 2930. The summed E-state index contributed by atoms with van der Waals surface area (Å²) in [7, 11) is -8.29. The fourth-order valence-corrected chi connectivity index (χ4v) is 46.4. The number of rotatable bonds is 32. The van der Waals surface area contributed by atoms with E-state index in [4.69, 9.17) is 9.47 Å². The largest absolute Gasteiger partial charge is 0.457 e. The lowest BCUT2D eigenvalue weighted by atomic mass is 10.1. The average Bonchev–Trinajstić information content (AvgIpc) is 0.747. The molecule has 0 aliphatic heterocycles. The number of carbonyl (C=O) groups excluding carboxylic acids is 2. The van der Waals surface area contributed by atoms with Gasteiger partial charge in [-0.15, -0.1) is 0 Å². The molecule has 6 rings (SSSR count). The van der Waals surface area contributed by atoms with Crippen LogP contribution in [0, 0.1) is 0 Å². The molecule has 0 aliphatic rings. The van der Waals surface area contributed by atoms with Crippen LogP contribution in [0.5, 0.6) is 0 Å². The molecule has 0 spiro atoms. The van der Waals surface area contributed by atoms with Gasteiger partial charge in [-0.05, 0) is 135 Å². The molecule has 0 atom stereocenters. The van der Waals surface area contributed by atoms with Crippen molar-refractivity contribution in [1.82, 2.24) is 10.6 Å². The number of ether oxygens (including phenoxy) is 2. The van der Waals surface area contributed by atoms with Gasteiger partial charge in [0.2, 0.25) is 0 Å². The zero-order valence-corrected chi connectivity index (χ0v) is 65.7. The lowest BCUT2D eigenvalue weighted by molar-refractivity contribution is 0.0464. The van der Waals surface area contributed by atoms with Crippen molar-refractivity contribution in [3.63, 3.8) is 0 Å². The molecule has 92 heavy (non-hydrogen) atoms. The van der Waals surface area contributed by atoms with Crippen LogP contribution in [-0.4, -0.2) is 44.2 Å². The van der Waals surface area contributed by atoms with E-state index in [1.807, 2.05) is 0 Å². The van der Waals surface area contributed by atoms with Gasteiger partial charge in [-0.25, -0.2) is 9.59 Å². The Morgan fingerprint density at radius 3 is 0.674 bits per heavy atom. The van der Waals surface area contributed by atoms with Crippen molar-refractivity contribution in [3.05, 3.63) is 189 Å². The summed E-state index contributed by atoms with van der Waals surface area (Å²) in [4.78, 5) is 28.5. The molecule has 2 N–H and O–H groups in total. The molecule has 500 valence electrons. The van der Waals surface area contributed by atoms with E-state index in [1.54, 1.807) is 0 Å². The number of carbonyl (C=O) groups is 2. The van der Waals surface area contributed by atoms with E-state index >= 15 is 0 Å². The van der Waals surface area contributed by atoms with Gasteiger partial charge in [0.05, 0.1) is 43.4 Å². The maximum absolute atomic E-state index is 14.3. The molecule has 0 bridgehead atoms. The van der Waals surface area contributed by atoms with E-state index in [9.17, 15) is 9.59 Å². The monoisotopic (exact) mass is 1310 g/mol. The van der Waals surface area contributed by atoms with Gasteiger partial charge >= 0.3 is 11.9 Å². The molecule has 0 heterocycles. The molecule has 0 aliphatic carbocycles. The molecule has 0 aromatic heterocycles. The van der Waals surface area contributed by atoms with Crippen molar-refractivity contribution in [2.75, 3.05) is 0 Å². The van der Waals surface area contributed by atoms with E-state index in [1.165, 1.54) is 43.0 Å². The zero-order chi connectivity index (χ0) is 68.2. The summed E-state index contributed by atoms with van der Waals surface area (Å²) < 4.78 is 12.4. The molecule has 0 amide bonds. The van der Waals surface area contributed by atoms with E-state index in [0.717, 1.165) is 59.6 Å². The number of nitrogens with one attached hydrogen (secondary N) is 2. The molecule has 6 nitrogen and oxygen atoms in total. The lowest BCUT2D eigenvalue weighted by Crippen LogP contribution is -2.60. The second kappa shape index (κ2) is 33.0. The molecule has 0 fully saturated rings. The molecular weight excluding hydrogens is 1190 g/mol. The van der Waals surface area contributed by atoms with E-state index < -0.39 is 32.3 Å². The normalized spacial score (nSPS) is 13.0. The van der Waals surface area contributed by atoms with Crippen molar-refractivity contribution in [3.8, 4) is 0 Å². The van der Waals surface area contributed by atoms with Gasteiger partial charge in [0.25, 0.3) is 0 Å². The summed E-state index contributed by atoms with van der Waals surface area (Å²) >= 11 is 0. The van der Waals surface area contributed by atoms with Crippen LogP contribution < -0.4 is 31.4 Å². The van der Waals surface area contributed by atoms with E-state index in [2.05, 4.69) is 322 Å². The Morgan fingerprint density at radius 2 is 0.478 bits per heavy atom. The van der Waals surface area contributed by atoms with E-state index in [0.29, 0.717) is 66.5 Å². The molecule has 0 saturated heterocycles. The third-order valence-electron chi connectivity index (χ3n) is 22.3. The molecule has 0 saturated carbocycles. The number of esters is 2. The first kappa shape index (κ1) is 75.8. The summed E-state index contributed by atoms with van der Waals surface area (Å²) in [5, 5.41) is 13.0. The SMILES string of the molecule is CC(C)[Si](c1cc(C(=O)OCc2ccc(CNCc3ccc(/C=C/c4ccc(CNCc5ccc(COC(=O)c6cc([Si](C(C)C)(C(C)C)C(C)C)cc([Si](C(C)C)(C(C)C)C(C)C)c6)cc5)cc4)cc3)cc2)cc([Si](C(C)C)(C(C)C)C(C)C)c1)(C(C)C)C(C)C. The van der Waals surface area contributed by atoms with Crippen LogP contribution in [0.2, 0.25) is 66.5 Å². The maximum Gasteiger partial charge on any atom is 0.338 e. The van der Waals surface area contributed by atoms with Crippen molar-refractivity contribution >= 4 is 77.1 Å². The predicted molar refractivity (Wildman–Crippen MR) is 410 cm³/mol. The summed E-state index contributed by atoms with van der Waals surface area (Å²) in [5.41, 5.74) is 17.0. The van der Waals surface area contributed by atoms with Gasteiger partial charge in [0, 0.05) is 26.2 Å². The minimum Gasteiger partial charge on any atom is -0.457 e. The third kappa shape index (κ3) is 16.5. The van der Waals surface area contributed by atoms with Gasteiger partial charge in [0.15, 0.2) is 0 Å². The second-order valence-electron chi connectivity index (χ2n) is 31.0. The molecule has 6 aromatic carbocycles. The fraction of sp³-hybridized carbons (Fsp3) is 0.512. The van der Waals surface area contributed by atoms with Crippen molar-refractivity contribution in [2.45, 2.75) is 272 Å². The van der Waals surface area contributed by atoms with Crippen LogP contribution >= 0.6 is 0 Å². The Balaban J connectivity index is 0.982. The van der Waals surface area contributed by atoms with Gasteiger partial charge in [0.1, 0.15) is 13.2 Å². The third-order valence-corrected chi connectivity index (χ3v) is 50.4. The van der Waals surface area contributed by atoms with Gasteiger partial charge in [-0.2, -0.15) is 0 Å². The highest BCUT2D eigenvalue weighted by molar-refractivity contribution is 6.99. The quantitative estimate of drug-likeness (QED) is 0.0249. The highest BCUT2D eigenvalue weighted by Crippen LogP contribution is 2.46. The lowest BCUT2D eigenvalue weighted by Gasteiger charge is -2.47. The first-order valence-electron chi connectivity index (χ1n) is 35.4. The first-order chi connectivity index (χ1) is 43.3. The Labute approximate surface area is 564 Å². The van der Waals surface area contributed by atoms with Crippen molar-refractivity contribution in [2.24, 2.45) is 0 Å². The standard InChI is InChI=1S/C82H122N2O4Si4/c1-55(2)89(56(3)4,57(5)6)77-43-75(44-78(47-77)90(58(7)8,59(9)10)60(11)12)81(85)87-53-73-39-35-71(36-40-73)51-83-49-69-31-27-67(28-32-69)25-26-68-29-33-70(34-30-68)50-84-52-72-37-41-74(42-38-72)54-88-82(86)76-45-79(91(61(13)14,62(15)16)63(17)18)48-80(46-76)92(64(19)20,65(21)22)66(23)24/h25-48,55-66,83-84H,49-54H2,1-24H3/b26-25+. The molecule has 6 aromatic rings. The maximum atomic E-state index is 14.3. The van der Waals surface area contributed by atoms with Crippen LogP contribution in [0.1, 0.15) is 231 Å². The topological polar surface area (TPSA) is 76.7 Å². The minimum atomic E-state index is -2.07. The Kier molecular flexibility index (Phi) is 27.2. The van der Waals surface area contributed by atoms with Crippen LogP contribution in [0.15, 0.2) is 133 Å². The molecule has 0 radical (unpaired) electrons. The van der Waals surface area contributed by atoms with Gasteiger partial charge in [-0.3, -0.25) is 0 Å². The number of hydrogen-bond acceptors (Lipinski definition) is 6. The zero-order valence-electron chi connectivity index (χ0n) is 61.7. The summed E-state index contributed by atoms with van der Waals surface area (Å²) in [6.07, 6.45) is 4.34. The number of benzene rings is 6. The molecular formula is C82H122N2O4Si4. The van der Waals surface area contributed by atoms with Crippen LogP contribution in [0.3, 0.4) is 0 Å². The van der Waals surface area contributed by atoms with E-state index in [-0.39, 0.29) is 25.2 Å². The van der Waals surface area contributed by atoms with Gasteiger partial charge in [-0.1, -0.05) is 308 Å². The first-order valence-corrected chi connectivity index (χ1v) is 44.3. The number of hydrogen-bond donors (Lipinski definition) is 2. The Morgan fingerprint density at radius 1 is 0.293 bits per heavy atom. The minimum absolute atomic E-state index is 0.220. The predicted octanol–water partition coefficient (Wildman–Crippen LogP) is 20.7. The van der Waals surface area contributed by atoms with Crippen LogP contribution in [-0.2, 0) is 48.9 Å². The summed E-state index contributed by atoms with van der Waals surface area (Å²) in [5.74, 6) is -0.440. The molecule has 0 unspecified atom stereocenters. The van der Waals surface area contributed by atoms with Crippen molar-refractivity contribution < 1.29 is 19.1 Å². The average molecular weight is 1310 g/mol. The highest BCUT2D eigenvalue weighted by atomic mass is 28.3. The van der Waals surface area contributed by atoms with Gasteiger partial charge < -0.3 is 20.1 Å². The molecule has 10 heteroatoms. The summed E-state index contributed by atoms with van der Waals surface area (Å²) in [6, 6.07) is 48.5. The van der Waals surface area contributed by atoms with Crippen LogP contribution in [0.25, 0.3) is 12.2 Å². The summed E-state index contributed by atoms with van der Waals surface area (Å²) in [6.45, 7) is 61.5.